The Morgan fingerprint density at radius 1 is 0.862 bits per heavy atom. The summed E-state index contributed by atoms with van der Waals surface area (Å²) in [5.41, 5.74) is 4.37. The van der Waals surface area contributed by atoms with Crippen LogP contribution in [-0.2, 0) is 0 Å². The predicted molar refractivity (Wildman–Crippen MR) is 117 cm³/mol. The molecule has 5 nitrogen and oxygen atoms in total. The van der Waals surface area contributed by atoms with Gasteiger partial charge in [0.15, 0.2) is 11.0 Å². The van der Waals surface area contributed by atoms with Gasteiger partial charge in [-0.1, -0.05) is 48.2 Å². The van der Waals surface area contributed by atoms with E-state index in [1.807, 2.05) is 42.5 Å². The third-order valence-corrected chi connectivity index (χ3v) is 5.49. The van der Waals surface area contributed by atoms with Crippen molar-refractivity contribution in [1.29, 1.82) is 0 Å². The molecule has 0 saturated heterocycles. The van der Waals surface area contributed by atoms with Crippen LogP contribution in [-0.4, -0.2) is 32.1 Å². The number of hydrogen-bond acceptors (Lipinski definition) is 5. The highest BCUT2D eigenvalue weighted by Gasteiger charge is 2.17. The molecule has 0 aliphatic carbocycles. The van der Waals surface area contributed by atoms with Crippen LogP contribution < -0.4 is 4.74 Å². The van der Waals surface area contributed by atoms with Gasteiger partial charge in [-0.2, -0.15) is 0 Å². The Labute approximate surface area is 174 Å². The number of thioether (sulfide) groups is 1. The van der Waals surface area contributed by atoms with Crippen LogP contribution in [0.1, 0.15) is 11.1 Å². The lowest BCUT2D eigenvalue weighted by Gasteiger charge is -2.13. The number of rotatable bonds is 7. The monoisotopic (exact) mass is 402 g/mol. The van der Waals surface area contributed by atoms with Crippen molar-refractivity contribution in [1.82, 2.24) is 19.7 Å². The first-order valence-corrected chi connectivity index (χ1v) is 10.5. The number of nitrogens with zero attached hydrogens (tertiary/aromatic N) is 4. The zero-order chi connectivity index (χ0) is 20.1. The lowest BCUT2D eigenvalue weighted by atomic mass is 10.2. The summed E-state index contributed by atoms with van der Waals surface area (Å²) in [7, 11) is 0. The third kappa shape index (κ3) is 4.32. The molecule has 4 aromatic rings. The Hall–Kier alpha value is -3.12. The summed E-state index contributed by atoms with van der Waals surface area (Å²) in [5.74, 6) is 2.50. The molecule has 0 saturated carbocycles. The smallest absolute Gasteiger partial charge is 0.196 e. The van der Waals surface area contributed by atoms with E-state index in [0.29, 0.717) is 6.61 Å². The van der Waals surface area contributed by atoms with Crippen LogP contribution in [0.3, 0.4) is 0 Å². The average Bonchev–Trinajstić information content (AvgIpc) is 3.17. The van der Waals surface area contributed by atoms with E-state index in [9.17, 15) is 0 Å². The Kier molecular flexibility index (Phi) is 5.91. The summed E-state index contributed by atoms with van der Waals surface area (Å²) in [4.78, 5) is 4.12. The molecule has 0 N–H and O–H groups in total. The summed E-state index contributed by atoms with van der Waals surface area (Å²) >= 11 is 1.64. The molecule has 0 radical (unpaired) electrons. The van der Waals surface area contributed by atoms with Gasteiger partial charge in [-0.05, 0) is 49.2 Å². The van der Waals surface area contributed by atoms with Crippen LogP contribution in [0.4, 0.5) is 0 Å². The molecule has 6 heteroatoms. The summed E-state index contributed by atoms with van der Waals surface area (Å²) in [6.07, 6.45) is 3.55. The van der Waals surface area contributed by atoms with Gasteiger partial charge in [0.05, 0.1) is 12.3 Å². The number of aryl methyl sites for hydroxylation is 2. The first-order chi connectivity index (χ1) is 14.2. The SMILES string of the molecule is Cc1ccccc1OCCSc1nnc(-c2ccncc2)n1-c1ccccc1C. The van der Waals surface area contributed by atoms with Crippen LogP contribution in [0.2, 0.25) is 0 Å². The molecule has 0 atom stereocenters. The minimum atomic E-state index is 0.598. The van der Waals surface area contributed by atoms with Crippen molar-refractivity contribution in [2.24, 2.45) is 0 Å². The maximum atomic E-state index is 5.93. The van der Waals surface area contributed by atoms with Crippen LogP contribution in [0.25, 0.3) is 17.1 Å². The molecule has 0 unspecified atom stereocenters. The second-order valence-corrected chi connectivity index (χ2v) is 7.69. The van der Waals surface area contributed by atoms with Gasteiger partial charge in [-0.15, -0.1) is 10.2 Å². The second-order valence-electron chi connectivity index (χ2n) is 6.63. The highest BCUT2D eigenvalue weighted by atomic mass is 32.2. The minimum Gasteiger partial charge on any atom is -0.492 e. The van der Waals surface area contributed by atoms with E-state index in [1.165, 1.54) is 5.56 Å². The topological polar surface area (TPSA) is 52.8 Å². The number of benzene rings is 2. The number of aromatic nitrogens is 4. The van der Waals surface area contributed by atoms with Crippen molar-refractivity contribution in [3.63, 3.8) is 0 Å². The van der Waals surface area contributed by atoms with Gasteiger partial charge in [0.2, 0.25) is 0 Å². The van der Waals surface area contributed by atoms with Gasteiger partial charge < -0.3 is 4.74 Å². The van der Waals surface area contributed by atoms with Crippen molar-refractivity contribution in [3.05, 3.63) is 84.2 Å². The van der Waals surface area contributed by atoms with Gasteiger partial charge in [0, 0.05) is 23.7 Å². The summed E-state index contributed by atoms with van der Waals surface area (Å²) in [6, 6.07) is 20.2. The van der Waals surface area contributed by atoms with Gasteiger partial charge >= 0.3 is 0 Å². The van der Waals surface area contributed by atoms with Gasteiger partial charge in [-0.25, -0.2) is 0 Å². The van der Waals surface area contributed by atoms with Crippen molar-refractivity contribution >= 4 is 11.8 Å². The minimum absolute atomic E-state index is 0.598. The highest BCUT2D eigenvalue weighted by Crippen LogP contribution is 2.29. The first-order valence-electron chi connectivity index (χ1n) is 9.47. The number of pyridine rings is 1. The van der Waals surface area contributed by atoms with Crippen LogP contribution in [0.5, 0.6) is 5.75 Å². The summed E-state index contributed by atoms with van der Waals surface area (Å²) in [6.45, 7) is 4.75. The molecule has 146 valence electrons. The Morgan fingerprint density at radius 2 is 1.59 bits per heavy atom. The zero-order valence-corrected chi connectivity index (χ0v) is 17.3. The molecular formula is C23H22N4OS. The fraction of sp³-hybridized carbons (Fsp3) is 0.174. The second kappa shape index (κ2) is 8.92. The molecule has 2 aromatic heterocycles. The molecule has 0 spiro atoms. The molecule has 0 aliphatic rings. The maximum absolute atomic E-state index is 5.93. The lowest BCUT2D eigenvalue weighted by Crippen LogP contribution is -2.05. The molecule has 4 rings (SSSR count). The highest BCUT2D eigenvalue weighted by molar-refractivity contribution is 7.99. The lowest BCUT2D eigenvalue weighted by molar-refractivity contribution is 0.341. The van der Waals surface area contributed by atoms with E-state index in [4.69, 9.17) is 4.74 Å². The van der Waals surface area contributed by atoms with Gasteiger partial charge in [0.1, 0.15) is 5.75 Å². The molecule has 0 bridgehead atoms. The van der Waals surface area contributed by atoms with Crippen molar-refractivity contribution < 1.29 is 4.74 Å². The van der Waals surface area contributed by atoms with Crippen LogP contribution in [0.15, 0.2) is 78.2 Å². The normalized spacial score (nSPS) is 10.8. The molecule has 0 aliphatic heterocycles. The Bertz CT molecular complexity index is 1100. The predicted octanol–water partition coefficient (Wildman–Crippen LogP) is 5.12. The number of para-hydroxylation sites is 2. The molecule has 0 amide bonds. The van der Waals surface area contributed by atoms with E-state index in [1.54, 1.807) is 24.2 Å². The quantitative estimate of drug-likeness (QED) is 0.317. The fourth-order valence-corrected chi connectivity index (χ4v) is 3.85. The van der Waals surface area contributed by atoms with E-state index in [0.717, 1.165) is 39.3 Å². The van der Waals surface area contributed by atoms with Crippen molar-refractivity contribution in [2.45, 2.75) is 19.0 Å². The Balaban J connectivity index is 1.58. The third-order valence-electron chi connectivity index (χ3n) is 4.59. The van der Waals surface area contributed by atoms with E-state index < -0.39 is 0 Å². The summed E-state index contributed by atoms with van der Waals surface area (Å²) in [5, 5.41) is 9.80. The van der Waals surface area contributed by atoms with E-state index >= 15 is 0 Å². The number of hydrogen-bond donors (Lipinski definition) is 0. The van der Waals surface area contributed by atoms with Gasteiger partial charge in [-0.3, -0.25) is 9.55 Å². The van der Waals surface area contributed by atoms with Crippen LogP contribution in [0, 0.1) is 13.8 Å². The van der Waals surface area contributed by atoms with Crippen molar-refractivity contribution in [3.8, 4) is 22.8 Å². The standard InChI is InChI=1S/C23H22N4OS/c1-17-7-3-5-9-20(17)27-22(19-11-13-24-14-12-19)25-26-23(27)29-16-15-28-21-10-6-4-8-18(21)2/h3-14H,15-16H2,1-2H3. The molecule has 2 heterocycles. The molecular weight excluding hydrogens is 380 g/mol. The fourth-order valence-electron chi connectivity index (χ4n) is 3.09. The molecule has 2 aromatic carbocycles. The molecule has 29 heavy (non-hydrogen) atoms. The van der Waals surface area contributed by atoms with Crippen LogP contribution >= 0.6 is 11.8 Å². The number of ether oxygens (including phenoxy) is 1. The zero-order valence-electron chi connectivity index (χ0n) is 16.4. The van der Waals surface area contributed by atoms with Crippen molar-refractivity contribution in [2.75, 3.05) is 12.4 Å². The summed E-state index contributed by atoms with van der Waals surface area (Å²) < 4.78 is 8.05. The Morgan fingerprint density at radius 3 is 2.34 bits per heavy atom. The van der Waals surface area contributed by atoms with E-state index in [2.05, 4.69) is 51.8 Å². The van der Waals surface area contributed by atoms with Gasteiger partial charge in [0.25, 0.3) is 0 Å². The van der Waals surface area contributed by atoms with E-state index in [-0.39, 0.29) is 0 Å². The largest absolute Gasteiger partial charge is 0.492 e. The first kappa shape index (κ1) is 19.2. The molecule has 0 fully saturated rings. The maximum Gasteiger partial charge on any atom is 0.196 e. The average molecular weight is 403 g/mol.